The molecule has 0 aliphatic rings. The molecule has 0 rings (SSSR count). The van der Waals surface area contributed by atoms with Crippen molar-refractivity contribution in [1.29, 1.82) is 0 Å². The number of ether oxygens (including phenoxy) is 2. The van der Waals surface area contributed by atoms with Gasteiger partial charge in [-0.2, -0.15) is 0 Å². The quantitative estimate of drug-likeness (QED) is 0.113. The summed E-state index contributed by atoms with van der Waals surface area (Å²) < 4.78 is 10.3. The second-order valence-electron chi connectivity index (χ2n) is 8.78. The van der Waals surface area contributed by atoms with Crippen molar-refractivity contribution in [2.75, 3.05) is 45.9 Å². The van der Waals surface area contributed by atoms with E-state index < -0.39 is 18.2 Å². The summed E-state index contributed by atoms with van der Waals surface area (Å²) in [7, 11) is 0. The fourth-order valence-corrected chi connectivity index (χ4v) is 3.48. The molecule has 0 saturated carbocycles. The van der Waals surface area contributed by atoms with Crippen molar-refractivity contribution in [2.45, 2.75) is 90.1 Å². The Morgan fingerprint density at radius 1 is 0.750 bits per heavy atom. The summed E-state index contributed by atoms with van der Waals surface area (Å²) in [5, 5.41) is 2.82. The van der Waals surface area contributed by atoms with Crippen molar-refractivity contribution in [3.8, 4) is 0 Å². The molecule has 214 valence electrons. The third kappa shape index (κ3) is 21.2. The summed E-state index contributed by atoms with van der Waals surface area (Å²) in [4.78, 5) is 37.8. The van der Waals surface area contributed by atoms with Crippen LogP contribution in [-0.4, -0.2) is 81.0 Å². The van der Waals surface area contributed by atoms with Gasteiger partial charge in [0.1, 0.15) is 19.8 Å². The van der Waals surface area contributed by atoms with Crippen molar-refractivity contribution in [3.63, 3.8) is 0 Å². The van der Waals surface area contributed by atoms with Crippen molar-refractivity contribution in [1.82, 2.24) is 10.2 Å². The molecule has 0 unspecified atom stereocenters. The number of rotatable bonds is 22. The zero-order valence-electron chi connectivity index (χ0n) is 21.3. The zero-order chi connectivity index (χ0) is 26.3. The monoisotopic (exact) mass is 519 g/mol. The Morgan fingerprint density at radius 3 is 1.92 bits per heavy atom. The van der Waals surface area contributed by atoms with Gasteiger partial charge in [0, 0.05) is 12.6 Å². The van der Waals surface area contributed by atoms with E-state index in [1.54, 1.807) is 0 Å². The van der Waals surface area contributed by atoms with E-state index in [4.69, 9.17) is 38.1 Å². The average Bonchev–Trinajstić information content (AvgIpc) is 2.82. The van der Waals surface area contributed by atoms with Crippen LogP contribution in [0.3, 0.4) is 0 Å². The number of nitrogens with one attached hydrogen (secondary N) is 1. The summed E-state index contributed by atoms with van der Waals surface area (Å²) in [6, 6.07) is -0.707. The SMILES string of the molecule is C.NCCCCCCCN(CC(=O)N[C@@H](CCCCN)COC(N)=O)C(=O)OC[C@H](N)CCCCN. The highest BCUT2D eigenvalue weighted by Gasteiger charge is 2.21. The molecular weight excluding hydrogens is 466 g/mol. The van der Waals surface area contributed by atoms with Crippen molar-refractivity contribution in [3.05, 3.63) is 0 Å². The molecule has 0 bridgehead atoms. The highest BCUT2D eigenvalue weighted by Crippen LogP contribution is 2.07. The number of nitrogens with zero attached hydrogens (tertiary/aromatic N) is 1. The van der Waals surface area contributed by atoms with Crippen LogP contribution in [0.15, 0.2) is 0 Å². The van der Waals surface area contributed by atoms with E-state index in [1.807, 2.05) is 0 Å². The van der Waals surface area contributed by atoms with Gasteiger partial charge in [0.05, 0.1) is 6.04 Å². The average molecular weight is 520 g/mol. The van der Waals surface area contributed by atoms with Crippen molar-refractivity contribution in [2.24, 2.45) is 28.7 Å². The molecule has 0 fully saturated rings. The molecule has 3 amide bonds. The highest BCUT2D eigenvalue weighted by atomic mass is 16.6. The lowest BCUT2D eigenvalue weighted by molar-refractivity contribution is -0.123. The summed E-state index contributed by atoms with van der Waals surface area (Å²) in [5.41, 5.74) is 27.6. The maximum absolute atomic E-state index is 12.7. The normalized spacial score (nSPS) is 12.2. The number of hydrogen-bond acceptors (Lipinski definition) is 9. The minimum absolute atomic E-state index is 0. The predicted molar refractivity (Wildman–Crippen MR) is 143 cm³/mol. The molecule has 0 spiro atoms. The smallest absolute Gasteiger partial charge is 0.410 e. The van der Waals surface area contributed by atoms with Crippen LogP contribution >= 0.6 is 0 Å². The second-order valence-corrected chi connectivity index (χ2v) is 8.78. The van der Waals surface area contributed by atoms with Crippen molar-refractivity contribution < 1.29 is 23.9 Å². The number of amides is 3. The number of carbonyl (C=O) groups is 3. The van der Waals surface area contributed by atoms with Crippen LogP contribution in [0.5, 0.6) is 0 Å². The maximum atomic E-state index is 12.7. The van der Waals surface area contributed by atoms with Gasteiger partial charge in [-0.3, -0.25) is 9.69 Å². The van der Waals surface area contributed by atoms with Gasteiger partial charge in [0.2, 0.25) is 5.91 Å². The molecule has 12 nitrogen and oxygen atoms in total. The number of primary amides is 1. The molecule has 0 aromatic carbocycles. The Labute approximate surface area is 217 Å². The lowest BCUT2D eigenvalue weighted by Gasteiger charge is -2.24. The lowest BCUT2D eigenvalue weighted by Crippen LogP contribution is -2.47. The zero-order valence-corrected chi connectivity index (χ0v) is 21.3. The maximum Gasteiger partial charge on any atom is 0.410 e. The topological polar surface area (TPSA) is 215 Å². The van der Waals surface area contributed by atoms with Gasteiger partial charge in [-0.05, 0) is 58.2 Å². The fourth-order valence-electron chi connectivity index (χ4n) is 3.48. The number of nitrogens with two attached hydrogens (primary N) is 5. The number of hydrogen-bond donors (Lipinski definition) is 6. The Balaban J connectivity index is 0. The third-order valence-electron chi connectivity index (χ3n) is 5.47. The number of unbranched alkanes of at least 4 members (excludes halogenated alkanes) is 6. The van der Waals surface area contributed by atoms with Gasteiger partial charge in [-0.1, -0.05) is 39.5 Å². The Bertz CT molecular complexity index is 569. The molecule has 11 N–H and O–H groups in total. The van der Waals surface area contributed by atoms with E-state index in [2.05, 4.69) is 5.32 Å². The molecular formula is C24H53N7O5. The molecule has 0 aliphatic carbocycles. The molecule has 0 heterocycles. The van der Waals surface area contributed by atoms with E-state index in [0.29, 0.717) is 39.0 Å². The first-order valence-corrected chi connectivity index (χ1v) is 12.8. The third-order valence-corrected chi connectivity index (χ3v) is 5.47. The van der Waals surface area contributed by atoms with Crippen molar-refractivity contribution >= 4 is 18.1 Å². The lowest BCUT2D eigenvalue weighted by atomic mass is 10.1. The summed E-state index contributed by atoms with van der Waals surface area (Å²) >= 11 is 0. The Kier molecular flexibility index (Phi) is 24.5. The molecule has 12 heteroatoms. The van der Waals surface area contributed by atoms with Gasteiger partial charge in [-0.25, -0.2) is 9.59 Å². The second kappa shape index (κ2) is 24.5. The minimum atomic E-state index is -0.911. The Morgan fingerprint density at radius 2 is 1.31 bits per heavy atom. The van der Waals surface area contributed by atoms with E-state index in [9.17, 15) is 14.4 Å². The standard InChI is InChI=1S/C23H49N7O5.CH4/c24-12-6-2-1-3-9-15-30(23(33)35-17-19(27)10-4-7-13-25)16-21(31)29-20(11-5-8-14-26)18-34-22(28)32;/h19-20H,1-18,24-27H2,(H2,28,32)(H,29,31);1H4/t19-,20+;/m1./s1. The van der Waals surface area contributed by atoms with Crippen LogP contribution in [-0.2, 0) is 14.3 Å². The van der Waals surface area contributed by atoms with Crippen LogP contribution in [0.1, 0.15) is 78.1 Å². The van der Waals surface area contributed by atoms with E-state index in [1.165, 1.54) is 4.90 Å². The fraction of sp³-hybridized carbons (Fsp3) is 0.875. The highest BCUT2D eigenvalue weighted by molar-refractivity contribution is 5.82. The van der Waals surface area contributed by atoms with Crippen LogP contribution in [0, 0.1) is 0 Å². The van der Waals surface area contributed by atoms with E-state index >= 15 is 0 Å². The van der Waals surface area contributed by atoms with Gasteiger partial charge in [0.25, 0.3) is 0 Å². The molecule has 0 aromatic heterocycles. The van der Waals surface area contributed by atoms with Crippen LogP contribution < -0.4 is 34.0 Å². The largest absolute Gasteiger partial charge is 0.448 e. The predicted octanol–water partition coefficient (Wildman–Crippen LogP) is 1.14. The van der Waals surface area contributed by atoms with Gasteiger partial charge < -0.3 is 43.5 Å². The summed E-state index contributed by atoms with van der Waals surface area (Å²) in [6.45, 7) is 2.02. The summed E-state index contributed by atoms with van der Waals surface area (Å²) in [6.07, 6.45) is 7.69. The Hall–Kier alpha value is -2.15. The van der Waals surface area contributed by atoms with Crippen LogP contribution in [0.25, 0.3) is 0 Å². The van der Waals surface area contributed by atoms with Gasteiger partial charge >= 0.3 is 12.2 Å². The van der Waals surface area contributed by atoms with Gasteiger partial charge in [0.15, 0.2) is 0 Å². The minimum Gasteiger partial charge on any atom is -0.448 e. The van der Waals surface area contributed by atoms with E-state index in [-0.39, 0.29) is 39.1 Å². The number of carbonyl (C=O) groups excluding carboxylic acids is 3. The summed E-state index contributed by atoms with van der Waals surface area (Å²) in [5.74, 6) is -0.372. The van der Waals surface area contributed by atoms with Crippen LogP contribution in [0.2, 0.25) is 0 Å². The van der Waals surface area contributed by atoms with E-state index in [0.717, 1.165) is 57.8 Å². The van der Waals surface area contributed by atoms with Gasteiger partial charge in [-0.15, -0.1) is 0 Å². The molecule has 0 aliphatic heterocycles. The molecule has 0 saturated heterocycles. The molecule has 0 aromatic rings. The first kappa shape index (κ1) is 36.0. The first-order valence-electron chi connectivity index (χ1n) is 12.8. The van der Waals surface area contributed by atoms with Crippen LogP contribution in [0.4, 0.5) is 9.59 Å². The molecule has 2 atom stereocenters. The molecule has 36 heavy (non-hydrogen) atoms. The first-order chi connectivity index (χ1) is 16.8. The molecule has 0 radical (unpaired) electrons.